The van der Waals surface area contributed by atoms with Crippen molar-refractivity contribution in [3.05, 3.63) is 88.4 Å². The number of nitrogens with zero attached hydrogens (tertiary/aromatic N) is 2. The molecule has 1 N–H and O–H groups in total. The van der Waals surface area contributed by atoms with Crippen LogP contribution in [0.15, 0.2) is 70.1 Å². The van der Waals surface area contributed by atoms with Crippen molar-refractivity contribution in [2.24, 2.45) is 0 Å². The van der Waals surface area contributed by atoms with Crippen molar-refractivity contribution in [2.75, 3.05) is 0 Å². The van der Waals surface area contributed by atoms with E-state index < -0.39 is 0 Å². The highest BCUT2D eigenvalue weighted by atomic mass is 19.1. The average Bonchev–Trinajstić information content (AvgIpc) is 3.22. The molecule has 152 valence electrons. The van der Waals surface area contributed by atoms with Crippen molar-refractivity contribution in [3.63, 3.8) is 0 Å². The second-order valence-electron chi connectivity index (χ2n) is 7.01. The number of amides is 1. The highest BCUT2D eigenvalue weighted by Gasteiger charge is 2.09. The van der Waals surface area contributed by atoms with Crippen LogP contribution in [0.1, 0.15) is 17.7 Å². The van der Waals surface area contributed by atoms with Gasteiger partial charge >= 0.3 is 0 Å². The first-order chi connectivity index (χ1) is 14.5. The van der Waals surface area contributed by atoms with Gasteiger partial charge < -0.3 is 9.73 Å². The maximum atomic E-state index is 13.0. The Balaban J connectivity index is 1.35. The molecule has 1 amide bonds. The summed E-state index contributed by atoms with van der Waals surface area (Å²) in [5.74, 6) is 0.672. The molecule has 4 rings (SSSR count). The van der Waals surface area contributed by atoms with E-state index in [9.17, 15) is 14.0 Å². The number of aryl methyl sites for hydroxylation is 2. The summed E-state index contributed by atoms with van der Waals surface area (Å²) in [7, 11) is 0. The fraction of sp³-hybridized carbons (Fsp3) is 0.174. The van der Waals surface area contributed by atoms with E-state index in [-0.39, 0.29) is 36.8 Å². The van der Waals surface area contributed by atoms with Crippen LogP contribution in [0.25, 0.3) is 22.2 Å². The first kappa shape index (κ1) is 19.6. The lowest BCUT2D eigenvalue weighted by Gasteiger charge is -2.08. The van der Waals surface area contributed by atoms with Crippen molar-refractivity contribution < 1.29 is 13.6 Å². The fourth-order valence-electron chi connectivity index (χ4n) is 3.24. The molecule has 0 saturated heterocycles. The second kappa shape index (κ2) is 8.32. The predicted octanol–water partition coefficient (Wildman–Crippen LogP) is 3.81. The number of para-hydroxylation sites is 1. The van der Waals surface area contributed by atoms with Gasteiger partial charge in [0.05, 0.1) is 23.8 Å². The third kappa shape index (κ3) is 4.15. The maximum Gasteiger partial charge on any atom is 0.261 e. The quantitative estimate of drug-likeness (QED) is 0.529. The summed E-state index contributed by atoms with van der Waals surface area (Å²) in [4.78, 5) is 29.1. The minimum atomic E-state index is -0.311. The number of benzene rings is 2. The molecule has 0 spiro atoms. The first-order valence-electron chi connectivity index (χ1n) is 9.57. The zero-order valence-corrected chi connectivity index (χ0v) is 16.4. The van der Waals surface area contributed by atoms with Crippen LogP contribution < -0.4 is 10.9 Å². The van der Waals surface area contributed by atoms with E-state index in [4.69, 9.17) is 4.42 Å². The Bertz CT molecular complexity index is 1260. The Morgan fingerprint density at radius 1 is 1.13 bits per heavy atom. The van der Waals surface area contributed by atoms with Gasteiger partial charge in [-0.1, -0.05) is 12.1 Å². The van der Waals surface area contributed by atoms with Crippen LogP contribution in [0.4, 0.5) is 4.39 Å². The van der Waals surface area contributed by atoms with Gasteiger partial charge in [0.25, 0.3) is 5.56 Å². The third-order valence-corrected chi connectivity index (χ3v) is 4.89. The number of carbonyl (C=O) groups is 1. The minimum Gasteiger partial charge on any atom is -0.459 e. The van der Waals surface area contributed by atoms with Gasteiger partial charge in [0.15, 0.2) is 0 Å². The zero-order chi connectivity index (χ0) is 21.1. The van der Waals surface area contributed by atoms with Crippen LogP contribution in [-0.4, -0.2) is 15.5 Å². The average molecular weight is 405 g/mol. The maximum absolute atomic E-state index is 13.0. The first-order valence-corrected chi connectivity index (χ1v) is 9.57. The van der Waals surface area contributed by atoms with E-state index >= 15 is 0 Å². The summed E-state index contributed by atoms with van der Waals surface area (Å²) < 4.78 is 20.2. The molecule has 7 heteroatoms. The van der Waals surface area contributed by atoms with E-state index in [1.54, 1.807) is 30.3 Å². The number of hydrogen-bond donors (Lipinski definition) is 1. The van der Waals surface area contributed by atoms with E-state index in [0.717, 1.165) is 11.1 Å². The lowest BCUT2D eigenvalue weighted by atomic mass is 10.1. The summed E-state index contributed by atoms with van der Waals surface area (Å²) >= 11 is 0. The highest BCUT2D eigenvalue weighted by molar-refractivity contribution is 5.80. The number of hydrogen-bond acceptors (Lipinski definition) is 4. The molecule has 2 heterocycles. The lowest BCUT2D eigenvalue weighted by Crippen LogP contribution is -2.27. The molecule has 2 aromatic heterocycles. The van der Waals surface area contributed by atoms with Gasteiger partial charge in [-0.25, -0.2) is 9.37 Å². The summed E-state index contributed by atoms with van der Waals surface area (Å²) in [6.07, 6.45) is 1.62. The molecule has 0 unspecified atom stereocenters. The van der Waals surface area contributed by atoms with Gasteiger partial charge in [-0.05, 0) is 55.0 Å². The number of rotatable bonds is 6. The molecule has 0 atom stereocenters. The van der Waals surface area contributed by atoms with Crippen molar-refractivity contribution >= 4 is 16.8 Å². The normalized spacial score (nSPS) is 11.0. The van der Waals surface area contributed by atoms with Gasteiger partial charge in [0.1, 0.15) is 17.3 Å². The van der Waals surface area contributed by atoms with Crippen LogP contribution in [0.3, 0.4) is 0 Å². The molecule has 0 aliphatic rings. The molecule has 0 saturated carbocycles. The van der Waals surface area contributed by atoms with Crippen LogP contribution in [0.5, 0.6) is 0 Å². The van der Waals surface area contributed by atoms with E-state index in [1.807, 2.05) is 19.1 Å². The Hall–Kier alpha value is -3.74. The number of nitrogens with one attached hydrogen (secondary N) is 1. The molecule has 0 aliphatic heterocycles. The molecule has 4 aromatic rings. The fourth-order valence-corrected chi connectivity index (χ4v) is 3.24. The van der Waals surface area contributed by atoms with E-state index in [0.29, 0.717) is 22.4 Å². The Morgan fingerprint density at radius 2 is 1.93 bits per heavy atom. The van der Waals surface area contributed by atoms with Gasteiger partial charge in [-0.3, -0.25) is 14.2 Å². The van der Waals surface area contributed by atoms with E-state index in [1.165, 1.54) is 23.0 Å². The van der Waals surface area contributed by atoms with Gasteiger partial charge in [0, 0.05) is 18.5 Å². The summed E-state index contributed by atoms with van der Waals surface area (Å²) in [5.41, 5.74) is 2.21. The van der Waals surface area contributed by atoms with Crippen LogP contribution in [0.2, 0.25) is 0 Å². The van der Waals surface area contributed by atoms with Crippen molar-refractivity contribution in [1.82, 2.24) is 14.9 Å². The Labute approximate surface area is 172 Å². The summed E-state index contributed by atoms with van der Waals surface area (Å²) in [5, 5.41) is 3.32. The SMILES string of the molecule is Cc1cccc2c(=O)n(CCC(=O)NCc3ccc(-c4ccc(F)cc4)o3)cnc12. The minimum absolute atomic E-state index is 0.143. The van der Waals surface area contributed by atoms with Gasteiger partial charge in [-0.15, -0.1) is 0 Å². The smallest absolute Gasteiger partial charge is 0.261 e. The van der Waals surface area contributed by atoms with Gasteiger partial charge in [0.2, 0.25) is 5.91 Å². The second-order valence-corrected chi connectivity index (χ2v) is 7.01. The van der Waals surface area contributed by atoms with Crippen molar-refractivity contribution in [1.29, 1.82) is 0 Å². The number of furan rings is 1. The molecular weight excluding hydrogens is 385 g/mol. The Kier molecular flexibility index (Phi) is 5.43. The van der Waals surface area contributed by atoms with Crippen molar-refractivity contribution in [2.45, 2.75) is 26.4 Å². The van der Waals surface area contributed by atoms with Crippen LogP contribution in [-0.2, 0) is 17.9 Å². The molecule has 0 radical (unpaired) electrons. The standard InChI is InChI=1S/C23H20FN3O3/c1-15-3-2-4-19-22(15)26-14-27(23(19)29)12-11-21(28)25-13-18-9-10-20(30-18)16-5-7-17(24)8-6-16/h2-10,14H,11-13H2,1H3,(H,25,28). The molecule has 2 aromatic carbocycles. The number of aromatic nitrogens is 2. The lowest BCUT2D eigenvalue weighted by molar-refractivity contribution is -0.121. The molecule has 0 fully saturated rings. The molecule has 30 heavy (non-hydrogen) atoms. The highest BCUT2D eigenvalue weighted by Crippen LogP contribution is 2.22. The summed E-state index contributed by atoms with van der Waals surface area (Å²) in [6.45, 7) is 2.37. The largest absolute Gasteiger partial charge is 0.459 e. The zero-order valence-electron chi connectivity index (χ0n) is 16.4. The molecule has 6 nitrogen and oxygen atoms in total. The molecular formula is C23H20FN3O3. The number of fused-ring (bicyclic) bond motifs is 1. The van der Waals surface area contributed by atoms with Gasteiger partial charge in [-0.2, -0.15) is 0 Å². The van der Waals surface area contributed by atoms with Crippen molar-refractivity contribution in [3.8, 4) is 11.3 Å². The number of carbonyl (C=O) groups excluding carboxylic acids is 1. The molecule has 0 bridgehead atoms. The topological polar surface area (TPSA) is 77.1 Å². The monoisotopic (exact) mass is 405 g/mol. The number of halogens is 1. The Morgan fingerprint density at radius 3 is 2.73 bits per heavy atom. The van der Waals surface area contributed by atoms with Crippen LogP contribution in [0, 0.1) is 12.7 Å². The summed E-state index contributed by atoms with van der Waals surface area (Å²) in [6, 6.07) is 15.0. The van der Waals surface area contributed by atoms with E-state index in [2.05, 4.69) is 10.3 Å². The van der Waals surface area contributed by atoms with Crippen LogP contribution >= 0.6 is 0 Å². The third-order valence-electron chi connectivity index (χ3n) is 4.89. The predicted molar refractivity (Wildman–Crippen MR) is 111 cm³/mol. The molecule has 0 aliphatic carbocycles.